The van der Waals surface area contributed by atoms with Gasteiger partial charge in [0, 0.05) is 24.0 Å². The van der Waals surface area contributed by atoms with Gasteiger partial charge in [-0.2, -0.15) is 0 Å². The van der Waals surface area contributed by atoms with Gasteiger partial charge in [-0.3, -0.25) is 9.78 Å². The summed E-state index contributed by atoms with van der Waals surface area (Å²) in [5.41, 5.74) is 7.88. The minimum absolute atomic E-state index is 0.0941. The average molecular weight is 265 g/mol. The molecule has 2 aromatic rings. The Morgan fingerprint density at radius 2 is 2.15 bits per heavy atom. The van der Waals surface area contributed by atoms with Crippen LogP contribution in [0.15, 0.2) is 72.3 Å². The fourth-order valence-electron chi connectivity index (χ4n) is 1.70. The van der Waals surface area contributed by atoms with Crippen molar-refractivity contribution in [2.75, 3.05) is 0 Å². The van der Waals surface area contributed by atoms with E-state index in [1.807, 2.05) is 18.2 Å². The van der Waals surface area contributed by atoms with Crippen molar-refractivity contribution < 1.29 is 0 Å². The molecule has 4 heteroatoms. The SMILES string of the molecule is C=C(/C=C\C=C/N)c1cc(=O)cc(-c2ccccn2)[nH]1. The van der Waals surface area contributed by atoms with Gasteiger partial charge in [-0.1, -0.05) is 24.8 Å². The van der Waals surface area contributed by atoms with E-state index in [0.29, 0.717) is 22.7 Å². The van der Waals surface area contributed by atoms with Crippen molar-refractivity contribution in [1.29, 1.82) is 0 Å². The van der Waals surface area contributed by atoms with Crippen molar-refractivity contribution in [3.63, 3.8) is 0 Å². The predicted molar refractivity (Wildman–Crippen MR) is 81.8 cm³/mol. The second-order valence-electron chi connectivity index (χ2n) is 4.13. The maximum Gasteiger partial charge on any atom is 0.182 e. The minimum atomic E-state index is -0.0941. The molecule has 2 heterocycles. The molecule has 4 nitrogen and oxygen atoms in total. The summed E-state index contributed by atoms with van der Waals surface area (Å²) < 4.78 is 0. The first-order chi connectivity index (χ1) is 9.70. The van der Waals surface area contributed by atoms with E-state index in [2.05, 4.69) is 16.5 Å². The maximum atomic E-state index is 11.8. The van der Waals surface area contributed by atoms with Crippen LogP contribution in [0.3, 0.4) is 0 Å². The van der Waals surface area contributed by atoms with E-state index in [1.54, 1.807) is 24.4 Å². The molecular weight excluding hydrogens is 250 g/mol. The van der Waals surface area contributed by atoms with E-state index in [-0.39, 0.29) is 5.43 Å². The minimum Gasteiger partial charge on any atom is -0.405 e. The molecule has 0 fully saturated rings. The van der Waals surface area contributed by atoms with E-state index in [0.717, 1.165) is 0 Å². The topological polar surface area (TPSA) is 71.8 Å². The summed E-state index contributed by atoms with van der Waals surface area (Å²) in [7, 11) is 0. The van der Waals surface area contributed by atoms with E-state index < -0.39 is 0 Å². The zero-order valence-corrected chi connectivity index (χ0v) is 10.9. The number of allylic oxidation sites excluding steroid dienone is 4. The highest BCUT2D eigenvalue weighted by atomic mass is 16.1. The van der Waals surface area contributed by atoms with Gasteiger partial charge in [-0.05, 0) is 30.0 Å². The summed E-state index contributed by atoms with van der Waals surface area (Å²) in [6.45, 7) is 3.92. The normalized spacial score (nSPS) is 11.2. The van der Waals surface area contributed by atoms with Crippen LogP contribution in [0.25, 0.3) is 17.0 Å². The highest BCUT2D eigenvalue weighted by molar-refractivity contribution is 5.71. The Morgan fingerprint density at radius 1 is 1.30 bits per heavy atom. The van der Waals surface area contributed by atoms with Gasteiger partial charge in [-0.25, -0.2) is 0 Å². The summed E-state index contributed by atoms with van der Waals surface area (Å²) in [4.78, 5) is 19.2. The standard InChI is InChI=1S/C16H15N3O/c1-12(6-2-4-8-17)15-10-13(20)11-16(19-15)14-7-3-5-9-18-14/h2-11H,1,17H2,(H,19,20)/b6-2-,8-4-. The highest BCUT2D eigenvalue weighted by Crippen LogP contribution is 2.16. The van der Waals surface area contributed by atoms with Crippen molar-refractivity contribution >= 4 is 5.57 Å². The van der Waals surface area contributed by atoms with E-state index in [9.17, 15) is 4.79 Å². The quantitative estimate of drug-likeness (QED) is 0.834. The summed E-state index contributed by atoms with van der Waals surface area (Å²) in [6, 6.07) is 8.55. The average Bonchev–Trinajstić information content (AvgIpc) is 2.47. The van der Waals surface area contributed by atoms with Gasteiger partial charge in [0.2, 0.25) is 0 Å². The molecule has 20 heavy (non-hydrogen) atoms. The Bertz CT molecular complexity index is 712. The lowest BCUT2D eigenvalue weighted by molar-refractivity contribution is 1.21. The number of H-pyrrole nitrogens is 1. The molecule has 0 unspecified atom stereocenters. The molecule has 100 valence electrons. The molecule has 0 aliphatic heterocycles. The molecule has 2 rings (SSSR count). The third kappa shape index (κ3) is 3.32. The number of nitrogens with one attached hydrogen (secondary N) is 1. The first-order valence-corrected chi connectivity index (χ1v) is 6.10. The number of aromatic amines is 1. The zero-order valence-electron chi connectivity index (χ0n) is 10.9. The van der Waals surface area contributed by atoms with Crippen LogP contribution >= 0.6 is 0 Å². The third-order valence-electron chi connectivity index (χ3n) is 2.65. The molecule has 0 saturated carbocycles. The van der Waals surface area contributed by atoms with Gasteiger partial charge in [0.05, 0.1) is 11.4 Å². The van der Waals surface area contributed by atoms with Gasteiger partial charge >= 0.3 is 0 Å². The van der Waals surface area contributed by atoms with Crippen molar-refractivity contribution in [2.24, 2.45) is 5.73 Å². The lowest BCUT2D eigenvalue weighted by Gasteiger charge is -2.05. The van der Waals surface area contributed by atoms with E-state index >= 15 is 0 Å². The summed E-state index contributed by atoms with van der Waals surface area (Å²) in [5.74, 6) is 0. The van der Waals surface area contributed by atoms with Gasteiger partial charge in [0.25, 0.3) is 0 Å². The number of aromatic nitrogens is 2. The molecule has 0 saturated heterocycles. The van der Waals surface area contributed by atoms with Gasteiger partial charge < -0.3 is 10.7 Å². The van der Waals surface area contributed by atoms with Crippen LogP contribution in [-0.4, -0.2) is 9.97 Å². The highest BCUT2D eigenvalue weighted by Gasteiger charge is 2.03. The second-order valence-corrected chi connectivity index (χ2v) is 4.13. The Labute approximate surface area is 117 Å². The second kappa shape index (κ2) is 6.33. The predicted octanol–water partition coefficient (Wildman–Crippen LogP) is 2.48. The molecule has 0 aliphatic rings. The smallest absolute Gasteiger partial charge is 0.182 e. The fourth-order valence-corrected chi connectivity index (χ4v) is 1.70. The number of hydrogen-bond acceptors (Lipinski definition) is 3. The van der Waals surface area contributed by atoms with Crippen LogP contribution < -0.4 is 11.2 Å². The summed E-state index contributed by atoms with van der Waals surface area (Å²) >= 11 is 0. The van der Waals surface area contributed by atoms with Crippen molar-refractivity contribution in [3.05, 3.63) is 83.5 Å². The molecule has 0 atom stereocenters. The molecule has 3 N–H and O–H groups in total. The Balaban J connectivity index is 2.39. The van der Waals surface area contributed by atoms with Crippen LogP contribution in [-0.2, 0) is 0 Å². The van der Waals surface area contributed by atoms with Crippen LogP contribution in [0.2, 0.25) is 0 Å². The van der Waals surface area contributed by atoms with Crippen molar-refractivity contribution in [3.8, 4) is 11.4 Å². The fraction of sp³-hybridized carbons (Fsp3) is 0. The van der Waals surface area contributed by atoms with Gasteiger partial charge in [0.15, 0.2) is 5.43 Å². The molecule has 0 radical (unpaired) electrons. The molecule has 0 bridgehead atoms. The molecule has 0 spiro atoms. The Hall–Kier alpha value is -2.88. The number of rotatable bonds is 4. The van der Waals surface area contributed by atoms with Crippen LogP contribution in [0.4, 0.5) is 0 Å². The Kier molecular flexibility index (Phi) is 4.29. The number of hydrogen-bond donors (Lipinski definition) is 2. The molecule has 2 aromatic heterocycles. The first-order valence-electron chi connectivity index (χ1n) is 6.10. The van der Waals surface area contributed by atoms with Crippen LogP contribution in [0, 0.1) is 0 Å². The van der Waals surface area contributed by atoms with Crippen molar-refractivity contribution in [2.45, 2.75) is 0 Å². The van der Waals surface area contributed by atoms with Crippen molar-refractivity contribution in [1.82, 2.24) is 9.97 Å². The summed E-state index contributed by atoms with van der Waals surface area (Å²) in [5, 5.41) is 0. The largest absolute Gasteiger partial charge is 0.405 e. The zero-order chi connectivity index (χ0) is 14.4. The van der Waals surface area contributed by atoms with Crippen LogP contribution in [0.1, 0.15) is 5.69 Å². The molecular formula is C16H15N3O. The molecule has 0 aromatic carbocycles. The number of nitrogens with two attached hydrogens (primary N) is 1. The van der Waals surface area contributed by atoms with Gasteiger partial charge in [0.1, 0.15) is 0 Å². The molecule has 0 amide bonds. The lowest BCUT2D eigenvalue weighted by atomic mass is 10.1. The lowest BCUT2D eigenvalue weighted by Crippen LogP contribution is -2.04. The van der Waals surface area contributed by atoms with Crippen LogP contribution in [0.5, 0.6) is 0 Å². The van der Waals surface area contributed by atoms with Gasteiger partial charge in [-0.15, -0.1) is 0 Å². The third-order valence-corrected chi connectivity index (χ3v) is 2.65. The maximum absolute atomic E-state index is 11.8. The molecule has 0 aliphatic carbocycles. The Morgan fingerprint density at radius 3 is 2.85 bits per heavy atom. The number of pyridine rings is 2. The van der Waals surface area contributed by atoms with E-state index in [4.69, 9.17) is 5.73 Å². The monoisotopic (exact) mass is 265 g/mol. The first kappa shape index (κ1) is 13.5. The number of nitrogens with zero attached hydrogens (tertiary/aromatic N) is 1. The van der Waals surface area contributed by atoms with E-state index in [1.165, 1.54) is 18.3 Å². The summed E-state index contributed by atoms with van der Waals surface area (Å²) in [6.07, 6.45) is 8.33.